The Hall–Kier alpha value is -1.09. The van der Waals surface area contributed by atoms with E-state index in [2.05, 4.69) is 48.7 Å². The third-order valence-corrected chi connectivity index (χ3v) is 2.88. The van der Waals surface area contributed by atoms with Gasteiger partial charge in [-0.25, -0.2) is 0 Å². The molecule has 0 saturated carbocycles. The van der Waals surface area contributed by atoms with E-state index in [4.69, 9.17) is 12.2 Å². The van der Waals surface area contributed by atoms with E-state index >= 15 is 0 Å². The molecular weight excluding hydrogens is 204 g/mol. The summed E-state index contributed by atoms with van der Waals surface area (Å²) in [5, 5.41) is 6.62. The van der Waals surface area contributed by atoms with Crippen molar-refractivity contribution in [1.29, 1.82) is 0 Å². The Morgan fingerprint density at radius 1 is 1.33 bits per heavy atom. The van der Waals surface area contributed by atoms with E-state index in [1.807, 2.05) is 7.05 Å². The first-order valence-electron chi connectivity index (χ1n) is 5.26. The van der Waals surface area contributed by atoms with Crippen molar-refractivity contribution in [3.8, 4) is 0 Å². The van der Waals surface area contributed by atoms with Gasteiger partial charge < -0.3 is 10.6 Å². The molecule has 2 nitrogen and oxygen atoms in total. The van der Waals surface area contributed by atoms with Gasteiger partial charge in [0.15, 0.2) is 5.11 Å². The molecule has 0 amide bonds. The van der Waals surface area contributed by atoms with Gasteiger partial charge in [-0.15, -0.1) is 0 Å². The number of anilines is 1. The Labute approximate surface area is 97.1 Å². The summed E-state index contributed by atoms with van der Waals surface area (Å²) in [5.41, 5.74) is 2.40. The lowest BCUT2D eigenvalue weighted by Crippen LogP contribution is -2.24. The lowest BCUT2D eigenvalue weighted by molar-refractivity contribution is 0.734. The molecule has 0 saturated heterocycles. The molecule has 82 valence electrons. The largest absolute Gasteiger partial charge is 0.366 e. The molecule has 1 rings (SSSR count). The van der Waals surface area contributed by atoms with Gasteiger partial charge in [0.2, 0.25) is 0 Å². The van der Waals surface area contributed by atoms with E-state index in [1.54, 1.807) is 0 Å². The summed E-state index contributed by atoms with van der Waals surface area (Å²) >= 11 is 5.02. The van der Waals surface area contributed by atoms with Gasteiger partial charge >= 0.3 is 0 Å². The number of rotatable bonds is 3. The van der Waals surface area contributed by atoms with Crippen molar-refractivity contribution in [2.45, 2.75) is 26.2 Å². The molecule has 0 aliphatic heterocycles. The number of hydrogen-bond donors (Lipinski definition) is 2. The quantitative estimate of drug-likeness (QED) is 0.768. The van der Waals surface area contributed by atoms with E-state index in [0.717, 1.165) is 5.69 Å². The summed E-state index contributed by atoms with van der Waals surface area (Å²) in [6.07, 6.45) is 1.17. The molecule has 1 atom stereocenters. The summed E-state index contributed by atoms with van der Waals surface area (Å²) in [6.45, 7) is 4.44. The van der Waals surface area contributed by atoms with Crippen LogP contribution in [0.4, 0.5) is 5.69 Å². The smallest absolute Gasteiger partial charge is 0.170 e. The molecule has 2 N–H and O–H groups in total. The molecule has 0 spiro atoms. The van der Waals surface area contributed by atoms with E-state index in [-0.39, 0.29) is 0 Å². The van der Waals surface area contributed by atoms with Crippen molar-refractivity contribution < 1.29 is 0 Å². The van der Waals surface area contributed by atoms with Crippen molar-refractivity contribution in [2.24, 2.45) is 0 Å². The van der Waals surface area contributed by atoms with E-state index < -0.39 is 0 Å². The Kier molecular flexibility index (Phi) is 4.56. The first-order chi connectivity index (χ1) is 7.17. The zero-order valence-electron chi connectivity index (χ0n) is 9.50. The maximum atomic E-state index is 5.02. The van der Waals surface area contributed by atoms with Gasteiger partial charge in [0, 0.05) is 12.7 Å². The minimum Gasteiger partial charge on any atom is -0.366 e. The van der Waals surface area contributed by atoms with Gasteiger partial charge in [-0.3, -0.25) is 0 Å². The summed E-state index contributed by atoms with van der Waals surface area (Å²) in [5.74, 6) is 0.621. The fourth-order valence-corrected chi connectivity index (χ4v) is 1.44. The third-order valence-electron chi connectivity index (χ3n) is 2.58. The van der Waals surface area contributed by atoms with Crippen molar-refractivity contribution in [3.63, 3.8) is 0 Å². The van der Waals surface area contributed by atoms with Crippen LogP contribution in [0.1, 0.15) is 31.7 Å². The average Bonchev–Trinajstić information content (AvgIpc) is 2.29. The van der Waals surface area contributed by atoms with Crippen LogP contribution < -0.4 is 10.6 Å². The first kappa shape index (κ1) is 12.0. The van der Waals surface area contributed by atoms with Gasteiger partial charge in [-0.05, 0) is 42.3 Å². The monoisotopic (exact) mass is 222 g/mol. The second-order valence-corrected chi connectivity index (χ2v) is 4.04. The van der Waals surface area contributed by atoms with Crippen LogP contribution in [-0.4, -0.2) is 12.2 Å². The van der Waals surface area contributed by atoms with Crippen molar-refractivity contribution in [2.75, 3.05) is 12.4 Å². The highest BCUT2D eigenvalue weighted by Gasteiger charge is 2.02. The zero-order valence-corrected chi connectivity index (χ0v) is 10.3. The Balaban J connectivity index is 2.68. The lowest BCUT2D eigenvalue weighted by atomic mass is 9.99. The maximum Gasteiger partial charge on any atom is 0.170 e. The van der Waals surface area contributed by atoms with Crippen LogP contribution >= 0.6 is 12.2 Å². The molecule has 0 aliphatic rings. The molecule has 3 heteroatoms. The lowest BCUT2D eigenvalue weighted by Gasteiger charge is -2.11. The zero-order chi connectivity index (χ0) is 11.3. The van der Waals surface area contributed by atoms with Crippen LogP contribution in [0.3, 0.4) is 0 Å². The van der Waals surface area contributed by atoms with E-state index in [0.29, 0.717) is 11.0 Å². The van der Waals surface area contributed by atoms with Gasteiger partial charge in [-0.1, -0.05) is 26.0 Å². The Morgan fingerprint density at radius 2 is 1.93 bits per heavy atom. The third kappa shape index (κ3) is 3.51. The summed E-state index contributed by atoms with van der Waals surface area (Å²) in [4.78, 5) is 0. The highest BCUT2D eigenvalue weighted by molar-refractivity contribution is 7.80. The van der Waals surface area contributed by atoms with Crippen LogP contribution in [0, 0.1) is 0 Å². The molecular formula is C12H18N2S. The van der Waals surface area contributed by atoms with E-state index in [9.17, 15) is 0 Å². The second kappa shape index (κ2) is 5.71. The highest BCUT2D eigenvalue weighted by Crippen LogP contribution is 2.20. The standard InChI is InChI=1S/C12H18N2S/c1-4-9(2)10-5-7-11(8-6-10)14-12(15)13-3/h5-9H,4H2,1-3H3,(H2,13,14,15). The molecule has 0 radical (unpaired) electrons. The Morgan fingerprint density at radius 3 is 2.40 bits per heavy atom. The molecule has 1 aromatic rings. The van der Waals surface area contributed by atoms with Gasteiger partial charge in [0.05, 0.1) is 0 Å². The fourth-order valence-electron chi connectivity index (χ4n) is 1.32. The molecule has 15 heavy (non-hydrogen) atoms. The van der Waals surface area contributed by atoms with Gasteiger partial charge in [-0.2, -0.15) is 0 Å². The minimum atomic E-state index is 0.621. The van der Waals surface area contributed by atoms with Crippen LogP contribution in [0.25, 0.3) is 0 Å². The normalized spacial score (nSPS) is 11.9. The predicted molar refractivity (Wildman–Crippen MR) is 70.4 cm³/mol. The van der Waals surface area contributed by atoms with Crippen LogP contribution in [0.15, 0.2) is 24.3 Å². The average molecular weight is 222 g/mol. The molecule has 0 fully saturated rings. The molecule has 0 aliphatic carbocycles. The molecule has 0 aromatic heterocycles. The second-order valence-electron chi connectivity index (χ2n) is 3.64. The summed E-state index contributed by atoms with van der Waals surface area (Å²) in [6, 6.07) is 8.42. The SMILES string of the molecule is CCC(C)c1ccc(NC(=S)NC)cc1. The van der Waals surface area contributed by atoms with Crippen molar-refractivity contribution in [3.05, 3.63) is 29.8 Å². The van der Waals surface area contributed by atoms with E-state index in [1.165, 1.54) is 12.0 Å². The number of thiocarbonyl (C=S) groups is 1. The van der Waals surface area contributed by atoms with Crippen molar-refractivity contribution >= 4 is 23.0 Å². The molecule has 1 aromatic carbocycles. The molecule has 1 unspecified atom stereocenters. The summed E-state index contributed by atoms with van der Waals surface area (Å²) in [7, 11) is 1.81. The summed E-state index contributed by atoms with van der Waals surface area (Å²) < 4.78 is 0. The van der Waals surface area contributed by atoms with Crippen LogP contribution in [-0.2, 0) is 0 Å². The van der Waals surface area contributed by atoms with Crippen molar-refractivity contribution in [1.82, 2.24) is 5.32 Å². The predicted octanol–water partition coefficient (Wildman–Crippen LogP) is 3.12. The highest BCUT2D eigenvalue weighted by atomic mass is 32.1. The number of benzene rings is 1. The van der Waals surface area contributed by atoms with Crippen LogP contribution in [0.2, 0.25) is 0 Å². The number of nitrogens with one attached hydrogen (secondary N) is 2. The van der Waals surface area contributed by atoms with Crippen LogP contribution in [0.5, 0.6) is 0 Å². The molecule has 0 heterocycles. The number of hydrogen-bond acceptors (Lipinski definition) is 1. The first-order valence-corrected chi connectivity index (χ1v) is 5.67. The fraction of sp³-hybridized carbons (Fsp3) is 0.417. The maximum absolute atomic E-state index is 5.02. The van der Waals surface area contributed by atoms with Gasteiger partial charge in [0.1, 0.15) is 0 Å². The molecule has 0 bridgehead atoms. The Bertz CT molecular complexity index is 319. The topological polar surface area (TPSA) is 24.1 Å². The van der Waals surface area contributed by atoms with Gasteiger partial charge in [0.25, 0.3) is 0 Å². The minimum absolute atomic E-state index is 0.621.